The largest absolute Gasteiger partial charge is 0.424 e. The molecule has 2 N–H and O–H groups in total. The summed E-state index contributed by atoms with van der Waals surface area (Å²) >= 11 is 0. The predicted molar refractivity (Wildman–Crippen MR) is 127 cm³/mol. The van der Waals surface area contributed by atoms with Crippen LogP contribution in [0.1, 0.15) is 51.5 Å². The zero-order valence-corrected chi connectivity index (χ0v) is 21.0. The van der Waals surface area contributed by atoms with Crippen molar-refractivity contribution < 1.29 is 35.9 Å². The Morgan fingerprint density at radius 1 is 0.974 bits per heavy atom. The Labute approximate surface area is 216 Å². The van der Waals surface area contributed by atoms with Crippen LogP contribution in [0.15, 0.2) is 54.3 Å². The van der Waals surface area contributed by atoms with Gasteiger partial charge < -0.3 is 10.6 Å². The van der Waals surface area contributed by atoms with Crippen LogP contribution < -0.4 is 10.6 Å². The Morgan fingerprint density at radius 3 is 2.26 bits per heavy atom. The first-order valence-electron chi connectivity index (χ1n) is 12.9. The molecule has 6 atom stereocenters. The molecule has 0 bridgehead atoms. The summed E-state index contributed by atoms with van der Waals surface area (Å²) in [6.07, 6.45) is -3.68. The maximum absolute atomic E-state index is 14.3. The molecule has 4 nitrogen and oxygen atoms in total. The number of amides is 2. The molecule has 10 heteroatoms. The van der Waals surface area contributed by atoms with E-state index < -0.39 is 46.1 Å². The highest BCUT2D eigenvalue weighted by atomic mass is 19.4. The van der Waals surface area contributed by atoms with E-state index in [0.717, 1.165) is 30.0 Å². The Bertz CT molecular complexity index is 1180. The molecule has 5 rings (SSSR count). The molecule has 1 aliphatic heterocycles. The average Bonchev–Trinajstić information content (AvgIpc) is 3.19. The van der Waals surface area contributed by atoms with E-state index in [2.05, 4.69) is 5.32 Å². The van der Waals surface area contributed by atoms with Crippen molar-refractivity contribution in [1.29, 1.82) is 0 Å². The van der Waals surface area contributed by atoms with Gasteiger partial charge in [-0.1, -0.05) is 56.3 Å². The Morgan fingerprint density at radius 2 is 1.63 bits per heavy atom. The van der Waals surface area contributed by atoms with E-state index in [-0.39, 0.29) is 30.1 Å². The van der Waals surface area contributed by atoms with E-state index in [9.17, 15) is 35.9 Å². The van der Waals surface area contributed by atoms with Crippen molar-refractivity contribution in [3.63, 3.8) is 0 Å². The molecular formula is C28H30F6N2O2. The van der Waals surface area contributed by atoms with Gasteiger partial charge in [0.25, 0.3) is 5.54 Å². The van der Waals surface area contributed by atoms with E-state index >= 15 is 0 Å². The second-order valence-electron chi connectivity index (χ2n) is 11.6. The minimum atomic E-state index is -5.81. The van der Waals surface area contributed by atoms with Gasteiger partial charge in [-0.2, -0.15) is 26.3 Å². The summed E-state index contributed by atoms with van der Waals surface area (Å²) in [5.74, 6) is -2.18. The van der Waals surface area contributed by atoms with Crippen molar-refractivity contribution in [1.82, 2.24) is 10.6 Å². The van der Waals surface area contributed by atoms with Crippen LogP contribution in [0, 0.1) is 34.5 Å². The average molecular weight is 541 g/mol. The van der Waals surface area contributed by atoms with Crippen LogP contribution in [0.2, 0.25) is 0 Å². The number of halogens is 6. The zero-order valence-electron chi connectivity index (χ0n) is 21.0. The summed E-state index contributed by atoms with van der Waals surface area (Å²) in [5, 5.41) is 4.41. The van der Waals surface area contributed by atoms with Gasteiger partial charge in [0.15, 0.2) is 0 Å². The number of benzene rings is 1. The highest BCUT2D eigenvalue weighted by Crippen LogP contribution is 2.65. The molecule has 1 aromatic carbocycles. The van der Waals surface area contributed by atoms with Crippen LogP contribution in [0.4, 0.5) is 26.3 Å². The van der Waals surface area contributed by atoms with Crippen molar-refractivity contribution in [2.24, 2.45) is 34.5 Å². The molecule has 0 radical (unpaired) electrons. The van der Waals surface area contributed by atoms with Crippen molar-refractivity contribution >= 4 is 11.8 Å². The minimum absolute atomic E-state index is 0.0412. The van der Waals surface area contributed by atoms with Crippen LogP contribution >= 0.6 is 0 Å². The molecule has 38 heavy (non-hydrogen) atoms. The van der Waals surface area contributed by atoms with E-state index in [1.54, 1.807) is 0 Å². The van der Waals surface area contributed by atoms with Gasteiger partial charge in [-0.15, -0.1) is 0 Å². The lowest BCUT2D eigenvalue weighted by Crippen LogP contribution is -2.66. The van der Waals surface area contributed by atoms with Crippen LogP contribution in [0.3, 0.4) is 0 Å². The smallest absolute Gasteiger partial charge is 0.331 e. The number of rotatable bonds is 3. The van der Waals surface area contributed by atoms with E-state index in [1.165, 1.54) is 17.5 Å². The van der Waals surface area contributed by atoms with Crippen molar-refractivity contribution in [3.8, 4) is 0 Å². The first kappa shape index (κ1) is 26.8. The summed E-state index contributed by atoms with van der Waals surface area (Å²) in [4.78, 5) is 25.4. The molecule has 0 aromatic heterocycles. The maximum atomic E-state index is 14.3. The molecule has 1 aromatic rings. The first-order chi connectivity index (χ1) is 17.6. The molecule has 0 saturated heterocycles. The zero-order chi connectivity index (χ0) is 27.7. The fraction of sp³-hybridized carbons (Fsp3) is 0.571. The number of hydrogen-bond donors (Lipinski definition) is 2. The molecule has 0 spiro atoms. The summed E-state index contributed by atoms with van der Waals surface area (Å²) in [6.45, 7) is 3.89. The monoisotopic (exact) mass is 540 g/mol. The van der Waals surface area contributed by atoms with E-state index in [0.29, 0.717) is 25.7 Å². The van der Waals surface area contributed by atoms with Gasteiger partial charge in [0.05, 0.1) is 0 Å². The third-order valence-corrected chi connectivity index (χ3v) is 9.91. The normalized spacial score (nSPS) is 34.9. The number of fused-ring (bicyclic) bond motifs is 5. The van der Waals surface area contributed by atoms with E-state index in [1.807, 2.05) is 26.0 Å². The second-order valence-corrected chi connectivity index (χ2v) is 11.6. The van der Waals surface area contributed by atoms with Gasteiger partial charge in [0, 0.05) is 23.1 Å². The van der Waals surface area contributed by atoms with Crippen LogP contribution in [-0.2, 0) is 15.1 Å². The number of hydrogen-bond acceptors (Lipinski definition) is 2. The van der Waals surface area contributed by atoms with Gasteiger partial charge in [0.2, 0.25) is 11.8 Å². The number of alkyl halides is 6. The maximum Gasteiger partial charge on any atom is 0.424 e. The SMILES string of the molecule is C[C@]12CC[C@H]3[C@@H](CC=C4NC(=O)C=C[C@@]43C)[C@@H]1CC[C@@H]2C(=O)NC(c1ccccc1)(C(F)(F)F)C(F)(F)F. The quantitative estimate of drug-likeness (QED) is 0.451. The number of allylic oxidation sites excluding steroid dienone is 2. The first-order valence-corrected chi connectivity index (χ1v) is 12.9. The van der Waals surface area contributed by atoms with Crippen molar-refractivity contribution in [3.05, 3.63) is 59.8 Å². The Hall–Kier alpha value is -2.78. The van der Waals surface area contributed by atoms with Crippen LogP contribution in [0.5, 0.6) is 0 Å². The van der Waals surface area contributed by atoms with Gasteiger partial charge in [-0.05, 0) is 60.8 Å². The predicted octanol–water partition coefficient (Wildman–Crippen LogP) is 6.16. The third kappa shape index (κ3) is 3.72. The van der Waals surface area contributed by atoms with Gasteiger partial charge in [-0.3, -0.25) is 9.59 Å². The van der Waals surface area contributed by atoms with Gasteiger partial charge in [-0.25, -0.2) is 0 Å². The summed E-state index contributed by atoms with van der Waals surface area (Å²) in [7, 11) is 0. The molecular weight excluding hydrogens is 510 g/mol. The lowest BCUT2D eigenvalue weighted by molar-refractivity contribution is -0.312. The Balaban J connectivity index is 1.46. The molecule has 1 heterocycles. The topological polar surface area (TPSA) is 58.2 Å². The molecule has 2 fully saturated rings. The fourth-order valence-electron chi connectivity index (χ4n) is 7.95. The molecule has 206 valence electrons. The molecule has 3 aliphatic carbocycles. The van der Waals surface area contributed by atoms with Crippen LogP contribution in [-0.4, -0.2) is 24.2 Å². The lowest BCUT2D eigenvalue weighted by atomic mass is 9.50. The number of nitrogens with one attached hydrogen (secondary N) is 2. The number of carbonyl (C=O) groups is 2. The third-order valence-electron chi connectivity index (χ3n) is 9.91. The molecule has 4 aliphatic rings. The summed E-state index contributed by atoms with van der Waals surface area (Å²) in [6, 6.07) is 5.00. The summed E-state index contributed by atoms with van der Waals surface area (Å²) < 4.78 is 85.8. The van der Waals surface area contributed by atoms with Gasteiger partial charge in [0.1, 0.15) is 0 Å². The number of carbonyl (C=O) groups excluding carboxylic acids is 2. The van der Waals surface area contributed by atoms with E-state index in [4.69, 9.17) is 0 Å². The lowest BCUT2D eigenvalue weighted by Gasteiger charge is -2.56. The van der Waals surface area contributed by atoms with Gasteiger partial charge >= 0.3 is 12.4 Å². The molecule has 2 amide bonds. The standard InChI is InChI=1S/C28H30F6N2O2/c1-24-14-12-19-17(8-11-21-25(19,2)15-13-22(37)35-21)18(24)9-10-20(24)23(38)36-26(27(29,30)31,28(32,33)34)16-6-4-3-5-7-16/h3-7,11,13,15,17-20H,8-10,12,14H2,1-2H3,(H,35,37)(H,36,38)/t17-,18-,19-,20+,24-,25+/m0/s1. The second kappa shape index (κ2) is 8.61. The highest BCUT2D eigenvalue weighted by molar-refractivity contribution is 5.90. The van der Waals surface area contributed by atoms with Crippen molar-refractivity contribution in [2.75, 3.05) is 0 Å². The Kier molecular flexibility index (Phi) is 6.08. The highest BCUT2D eigenvalue weighted by Gasteiger charge is 2.73. The molecule has 0 unspecified atom stereocenters. The van der Waals surface area contributed by atoms with Crippen LogP contribution in [0.25, 0.3) is 0 Å². The summed E-state index contributed by atoms with van der Waals surface area (Å²) in [5.41, 5.74) is -5.89. The molecule has 2 saturated carbocycles. The fourth-order valence-corrected chi connectivity index (χ4v) is 7.95. The minimum Gasteiger partial charge on any atom is -0.331 e. The van der Waals surface area contributed by atoms with Crippen molar-refractivity contribution in [2.45, 2.75) is 63.8 Å².